The Balaban J connectivity index is 1.43. The predicted octanol–water partition coefficient (Wildman–Crippen LogP) is 3.61. The Hall–Kier alpha value is -2.33. The molecule has 0 saturated carbocycles. The first-order chi connectivity index (χ1) is 13.1. The lowest BCUT2D eigenvalue weighted by Gasteiger charge is -2.32. The van der Waals surface area contributed by atoms with Gasteiger partial charge in [-0.1, -0.05) is 42.5 Å². The number of carbonyl (C=O) groups excluding carboxylic acids is 1. The van der Waals surface area contributed by atoms with E-state index in [4.69, 9.17) is 4.74 Å². The number of methoxy groups -OCH3 is 1. The summed E-state index contributed by atoms with van der Waals surface area (Å²) in [6.45, 7) is 3.14. The summed E-state index contributed by atoms with van der Waals surface area (Å²) in [7, 11) is 3.54. The number of rotatable bonds is 7. The van der Waals surface area contributed by atoms with Crippen molar-refractivity contribution in [3.8, 4) is 5.75 Å². The fraction of sp³-hybridized carbons (Fsp3) is 0.435. The van der Waals surface area contributed by atoms with Gasteiger partial charge in [0.05, 0.1) is 13.7 Å². The van der Waals surface area contributed by atoms with Gasteiger partial charge in [0, 0.05) is 13.6 Å². The summed E-state index contributed by atoms with van der Waals surface area (Å²) in [5.74, 6) is 1.74. The van der Waals surface area contributed by atoms with Crippen molar-refractivity contribution >= 4 is 5.91 Å². The molecule has 4 heteroatoms. The van der Waals surface area contributed by atoms with Crippen molar-refractivity contribution in [2.24, 2.45) is 5.92 Å². The molecule has 3 rings (SSSR count). The number of hydrogen-bond donors (Lipinski definition) is 0. The second kappa shape index (κ2) is 9.56. The van der Waals surface area contributed by atoms with E-state index in [1.807, 2.05) is 36.2 Å². The molecular weight excluding hydrogens is 336 g/mol. The zero-order chi connectivity index (χ0) is 19.1. The van der Waals surface area contributed by atoms with E-state index in [2.05, 4.69) is 35.2 Å². The Morgan fingerprint density at radius 1 is 1.07 bits per heavy atom. The number of amides is 1. The molecule has 0 aromatic heterocycles. The van der Waals surface area contributed by atoms with Crippen LogP contribution in [0.3, 0.4) is 0 Å². The Labute approximate surface area is 162 Å². The summed E-state index contributed by atoms with van der Waals surface area (Å²) in [5, 5.41) is 0. The van der Waals surface area contributed by atoms with Gasteiger partial charge < -0.3 is 9.64 Å². The molecule has 0 aliphatic carbocycles. The second-order valence-corrected chi connectivity index (χ2v) is 7.51. The summed E-state index contributed by atoms with van der Waals surface area (Å²) >= 11 is 0. The van der Waals surface area contributed by atoms with Crippen molar-refractivity contribution in [3.63, 3.8) is 0 Å². The number of likely N-dealkylation sites (tertiary alicyclic amines) is 1. The van der Waals surface area contributed by atoms with Gasteiger partial charge in [0.1, 0.15) is 5.75 Å². The van der Waals surface area contributed by atoms with Crippen molar-refractivity contribution < 1.29 is 9.53 Å². The van der Waals surface area contributed by atoms with E-state index >= 15 is 0 Å². The van der Waals surface area contributed by atoms with Crippen LogP contribution in [-0.4, -0.2) is 49.5 Å². The Bertz CT molecular complexity index is 724. The van der Waals surface area contributed by atoms with Gasteiger partial charge in [-0.25, -0.2) is 0 Å². The zero-order valence-electron chi connectivity index (χ0n) is 16.4. The van der Waals surface area contributed by atoms with Crippen LogP contribution in [0.25, 0.3) is 0 Å². The van der Waals surface area contributed by atoms with Crippen LogP contribution in [-0.2, 0) is 17.8 Å². The molecule has 1 aliphatic heterocycles. The number of ether oxygens (including phenoxy) is 1. The van der Waals surface area contributed by atoms with Crippen molar-refractivity contribution in [1.82, 2.24) is 9.80 Å². The SMILES string of the molecule is COc1cccc(CN(C)C(=O)CN2CCC(Cc3ccccc3)CC2)c1. The van der Waals surface area contributed by atoms with Crippen LogP contribution in [0, 0.1) is 5.92 Å². The molecule has 2 aromatic rings. The van der Waals surface area contributed by atoms with Crippen LogP contribution in [0.1, 0.15) is 24.0 Å². The third-order valence-electron chi connectivity index (χ3n) is 5.41. The van der Waals surface area contributed by atoms with Crippen molar-refractivity contribution in [3.05, 3.63) is 65.7 Å². The van der Waals surface area contributed by atoms with E-state index in [0.29, 0.717) is 13.1 Å². The van der Waals surface area contributed by atoms with Gasteiger partial charge in [0.15, 0.2) is 0 Å². The Morgan fingerprint density at radius 3 is 2.48 bits per heavy atom. The highest BCUT2D eigenvalue weighted by molar-refractivity contribution is 5.78. The number of benzene rings is 2. The average Bonchev–Trinajstić information content (AvgIpc) is 2.70. The molecule has 27 heavy (non-hydrogen) atoms. The average molecular weight is 367 g/mol. The molecule has 144 valence electrons. The third-order valence-corrected chi connectivity index (χ3v) is 5.41. The van der Waals surface area contributed by atoms with Gasteiger partial charge in [0.25, 0.3) is 0 Å². The first kappa shape index (κ1) is 19.4. The molecule has 1 heterocycles. The molecule has 0 N–H and O–H groups in total. The molecule has 2 aromatic carbocycles. The largest absolute Gasteiger partial charge is 0.497 e. The fourth-order valence-corrected chi connectivity index (χ4v) is 3.74. The molecule has 0 unspecified atom stereocenters. The van der Waals surface area contributed by atoms with Crippen LogP contribution in [0.5, 0.6) is 5.75 Å². The molecule has 1 amide bonds. The van der Waals surface area contributed by atoms with Crippen molar-refractivity contribution in [2.75, 3.05) is 33.8 Å². The van der Waals surface area contributed by atoms with Gasteiger partial charge in [-0.05, 0) is 61.5 Å². The highest BCUT2D eigenvalue weighted by Gasteiger charge is 2.22. The maximum atomic E-state index is 12.6. The summed E-state index contributed by atoms with van der Waals surface area (Å²) in [6, 6.07) is 18.6. The smallest absolute Gasteiger partial charge is 0.236 e. The molecule has 0 spiro atoms. The summed E-state index contributed by atoms with van der Waals surface area (Å²) in [4.78, 5) is 16.7. The number of nitrogens with zero attached hydrogens (tertiary/aromatic N) is 2. The van der Waals surface area contributed by atoms with E-state index in [0.717, 1.165) is 36.7 Å². The molecule has 1 fully saturated rings. The Kier molecular flexibility index (Phi) is 6.88. The number of likely N-dealkylation sites (N-methyl/N-ethyl adjacent to an activating group) is 1. The van der Waals surface area contributed by atoms with E-state index in [-0.39, 0.29) is 5.91 Å². The van der Waals surface area contributed by atoms with Gasteiger partial charge in [-0.2, -0.15) is 0 Å². The minimum atomic E-state index is 0.180. The minimum absolute atomic E-state index is 0.180. The number of piperidine rings is 1. The minimum Gasteiger partial charge on any atom is -0.497 e. The molecule has 0 atom stereocenters. The summed E-state index contributed by atoms with van der Waals surface area (Å²) in [6.07, 6.45) is 3.49. The highest BCUT2D eigenvalue weighted by Crippen LogP contribution is 2.21. The van der Waals surface area contributed by atoms with Crippen molar-refractivity contribution in [2.45, 2.75) is 25.8 Å². The molecule has 4 nitrogen and oxygen atoms in total. The first-order valence-electron chi connectivity index (χ1n) is 9.77. The maximum Gasteiger partial charge on any atom is 0.236 e. The monoisotopic (exact) mass is 366 g/mol. The lowest BCUT2D eigenvalue weighted by atomic mass is 9.90. The second-order valence-electron chi connectivity index (χ2n) is 7.51. The lowest BCUT2D eigenvalue weighted by molar-refractivity contribution is -0.132. The van der Waals surface area contributed by atoms with Crippen molar-refractivity contribution in [1.29, 1.82) is 0 Å². The van der Waals surface area contributed by atoms with Gasteiger partial charge in [-0.3, -0.25) is 9.69 Å². The van der Waals surface area contributed by atoms with Crippen LogP contribution in [0.4, 0.5) is 0 Å². The zero-order valence-corrected chi connectivity index (χ0v) is 16.4. The molecular formula is C23H30N2O2. The van der Waals surface area contributed by atoms with E-state index in [1.165, 1.54) is 18.4 Å². The molecule has 1 saturated heterocycles. The quantitative estimate of drug-likeness (QED) is 0.750. The standard InChI is InChI=1S/C23H30N2O2/c1-24(17-21-9-6-10-22(16-21)27-2)23(26)18-25-13-11-20(12-14-25)15-19-7-4-3-5-8-19/h3-10,16,20H,11-15,17-18H2,1-2H3. The van der Waals surface area contributed by atoms with Crippen LogP contribution < -0.4 is 4.74 Å². The van der Waals surface area contributed by atoms with Crippen LogP contribution in [0.2, 0.25) is 0 Å². The summed E-state index contributed by atoms with van der Waals surface area (Å²) in [5.41, 5.74) is 2.51. The van der Waals surface area contributed by atoms with Gasteiger partial charge in [0.2, 0.25) is 5.91 Å². The maximum absolute atomic E-state index is 12.6. The predicted molar refractivity (Wildman–Crippen MR) is 109 cm³/mol. The van der Waals surface area contributed by atoms with E-state index < -0.39 is 0 Å². The Morgan fingerprint density at radius 2 is 1.78 bits per heavy atom. The third kappa shape index (κ3) is 5.83. The topological polar surface area (TPSA) is 32.8 Å². The van der Waals surface area contributed by atoms with E-state index in [1.54, 1.807) is 7.11 Å². The summed E-state index contributed by atoms with van der Waals surface area (Å²) < 4.78 is 5.26. The number of carbonyl (C=O) groups is 1. The van der Waals surface area contributed by atoms with Crippen LogP contribution in [0.15, 0.2) is 54.6 Å². The fourth-order valence-electron chi connectivity index (χ4n) is 3.74. The van der Waals surface area contributed by atoms with Gasteiger partial charge >= 0.3 is 0 Å². The van der Waals surface area contributed by atoms with Crippen LogP contribution >= 0.6 is 0 Å². The lowest BCUT2D eigenvalue weighted by Crippen LogP contribution is -2.42. The molecule has 0 radical (unpaired) electrons. The highest BCUT2D eigenvalue weighted by atomic mass is 16.5. The molecule has 0 bridgehead atoms. The number of hydrogen-bond acceptors (Lipinski definition) is 3. The first-order valence-corrected chi connectivity index (χ1v) is 9.77. The normalized spacial score (nSPS) is 15.5. The molecule has 1 aliphatic rings. The van der Waals surface area contributed by atoms with E-state index in [9.17, 15) is 4.79 Å². The van der Waals surface area contributed by atoms with Gasteiger partial charge in [-0.15, -0.1) is 0 Å².